The molecule has 12 nitrogen and oxygen atoms in total. The molecule has 1 aromatic carbocycles. The average molecular weight is 1250 g/mol. The maximum Gasteiger partial charge on any atom is 0.112 e. The van der Waals surface area contributed by atoms with E-state index in [4.69, 9.17) is 38.6 Å². The summed E-state index contributed by atoms with van der Waals surface area (Å²) in [7, 11) is 0. The Hall–Kier alpha value is -4.29. The molecule has 15 rings (SSSR count). The van der Waals surface area contributed by atoms with Crippen molar-refractivity contribution >= 4 is 22.7 Å². The van der Waals surface area contributed by atoms with Gasteiger partial charge in [0.2, 0.25) is 0 Å². The topological polar surface area (TPSA) is 133 Å². The van der Waals surface area contributed by atoms with E-state index in [2.05, 4.69) is 137 Å². The summed E-state index contributed by atoms with van der Waals surface area (Å²) in [5.41, 5.74) is 11.4. The Morgan fingerprint density at radius 2 is 1.19 bits per heavy atom. The van der Waals surface area contributed by atoms with E-state index in [0.717, 1.165) is 188 Å². The molecular formula is C76H99N7O5S2. The van der Waals surface area contributed by atoms with Crippen molar-refractivity contribution in [2.45, 2.75) is 217 Å². The van der Waals surface area contributed by atoms with Gasteiger partial charge in [-0.25, -0.2) is 0 Å². The summed E-state index contributed by atoms with van der Waals surface area (Å²) in [4.78, 5) is 19.0. The lowest BCUT2D eigenvalue weighted by Gasteiger charge is -2.47. The van der Waals surface area contributed by atoms with Gasteiger partial charge >= 0.3 is 0 Å². The summed E-state index contributed by atoms with van der Waals surface area (Å²) in [6, 6.07) is 30.2. The largest absolute Gasteiger partial charge is 0.375 e. The van der Waals surface area contributed by atoms with Gasteiger partial charge in [0.05, 0.1) is 30.0 Å². The van der Waals surface area contributed by atoms with Gasteiger partial charge in [-0.15, -0.1) is 22.7 Å². The number of hydrogen-bond acceptors (Lipinski definition) is 14. The minimum Gasteiger partial charge on any atom is -0.375 e. The molecule has 6 aromatic rings. The molecule has 3 saturated heterocycles. The minimum absolute atomic E-state index is 0.0189. The minimum atomic E-state index is -0.291. The average Bonchev–Trinajstić information content (AvgIpc) is 1.60. The van der Waals surface area contributed by atoms with Crippen LogP contribution in [0, 0.1) is 0 Å². The molecule has 6 fully saturated rings. The zero-order valence-electron chi connectivity index (χ0n) is 53.8. The summed E-state index contributed by atoms with van der Waals surface area (Å²) in [5, 5.41) is 20.1. The van der Waals surface area contributed by atoms with E-state index in [0.29, 0.717) is 23.8 Å². The van der Waals surface area contributed by atoms with Crippen LogP contribution in [0.2, 0.25) is 0 Å². The number of nitrogens with one attached hydrogen (secondary N) is 4. The van der Waals surface area contributed by atoms with E-state index in [1.807, 2.05) is 28.9 Å². The number of benzene rings is 1. The van der Waals surface area contributed by atoms with Gasteiger partial charge in [0.25, 0.3) is 0 Å². The molecule has 6 aliphatic heterocycles. The van der Waals surface area contributed by atoms with Crippen LogP contribution < -0.4 is 21.3 Å². The van der Waals surface area contributed by atoms with Crippen molar-refractivity contribution in [2.75, 3.05) is 78.8 Å². The number of nitrogens with zero attached hydrogens (tertiary/aromatic N) is 3. The van der Waals surface area contributed by atoms with Crippen LogP contribution in [-0.2, 0) is 58.4 Å². The van der Waals surface area contributed by atoms with E-state index >= 15 is 0 Å². The smallest absolute Gasteiger partial charge is 0.112 e. The van der Waals surface area contributed by atoms with Crippen molar-refractivity contribution in [3.8, 4) is 0 Å². The van der Waals surface area contributed by atoms with Crippen LogP contribution in [0.3, 0.4) is 0 Å². The number of fused-ring (bicyclic) bond motifs is 3. The van der Waals surface area contributed by atoms with Gasteiger partial charge < -0.3 is 45.0 Å². The first-order valence-electron chi connectivity index (χ1n) is 35.1. The van der Waals surface area contributed by atoms with Crippen molar-refractivity contribution in [2.24, 2.45) is 0 Å². The summed E-state index contributed by atoms with van der Waals surface area (Å²) < 4.78 is 33.8. The predicted molar refractivity (Wildman–Crippen MR) is 359 cm³/mol. The van der Waals surface area contributed by atoms with E-state index in [9.17, 15) is 0 Å². The number of rotatable bonds is 20. The van der Waals surface area contributed by atoms with E-state index in [1.54, 1.807) is 0 Å². The fraction of sp³-hybridized carbons (Fsp3) is 0.618. The molecule has 11 atom stereocenters. The van der Waals surface area contributed by atoms with E-state index < -0.39 is 0 Å². The Morgan fingerprint density at radius 3 is 1.86 bits per heavy atom. The summed E-state index contributed by atoms with van der Waals surface area (Å²) >= 11 is 3.69. The number of ether oxygens (including phenoxy) is 5. The molecule has 480 valence electrons. The summed E-state index contributed by atoms with van der Waals surface area (Å²) in [6.07, 6.45) is 29.1. The zero-order chi connectivity index (χ0) is 60.7. The number of aromatic nitrogens is 3. The Balaban J connectivity index is 0.636. The Kier molecular flexibility index (Phi) is 18.0. The highest BCUT2D eigenvalue weighted by atomic mass is 32.1. The second-order valence-electron chi connectivity index (χ2n) is 29.8. The lowest BCUT2D eigenvalue weighted by atomic mass is 9.67. The first-order valence-corrected chi connectivity index (χ1v) is 36.9. The molecule has 8 unspecified atom stereocenters. The Labute approximate surface area is 544 Å². The summed E-state index contributed by atoms with van der Waals surface area (Å²) in [6.45, 7) is 14.8. The predicted octanol–water partition coefficient (Wildman–Crippen LogP) is 14.1. The van der Waals surface area contributed by atoms with Crippen LogP contribution in [0.4, 0.5) is 0 Å². The molecule has 0 amide bonds. The van der Waals surface area contributed by atoms with E-state index in [1.165, 1.54) is 85.9 Å². The van der Waals surface area contributed by atoms with Gasteiger partial charge in [-0.3, -0.25) is 15.0 Å². The molecular weight excluding hydrogens is 1160 g/mol. The van der Waals surface area contributed by atoms with Crippen LogP contribution in [0.25, 0.3) is 0 Å². The number of thiophene rings is 2. The fourth-order valence-corrected chi connectivity index (χ4v) is 21.5. The second-order valence-corrected chi connectivity index (χ2v) is 31.7. The van der Waals surface area contributed by atoms with Gasteiger partial charge in [-0.05, 0) is 247 Å². The van der Waals surface area contributed by atoms with Crippen molar-refractivity contribution in [3.63, 3.8) is 0 Å². The van der Waals surface area contributed by atoms with Crippen LogP contribution in [0.5, 0.6) is 0 Å². The van der Waals surface area contributed by atoms with Gasteiger partial charge in [0, 0.05) is 113 Å². The first kappa shape index (κ1) is 61.9. The third-order valence-corrected chi connectivity index (χ3v) is 26.4. The quantitative estimate of drug-likeness (QED) is 0.0543. The normalized spacial score (nSPS) is 33.8. The molecule has 0 bridgehead atoms. The van der Waals surface area contributed by atoms with E-state index in [-0.39, 0.29) is 44.8 Å². The molecule has 3 spiro atoms. The number of hydrogen-bond donors (Lipinski definition) is 4. The molecule has 5 aromatic heterocycles. The van der Waals surface area contributed by atoms with Crippen molar-refractivity contribution < 1.29 is 23.7 Å². The maximum absolute atomic E-state index is 7.16. The van der Waals surface area contributed by atoms with Crippen molar-refractivity contribution in [3.05, 3.63) is 168 Å². The lowest BCUT2D eigenvalue weighted by Crippen LogP contribution is -2.48. The highest BCUT2D eigenvalue weighted by Crippen LogP contribution is 2.57. The van der Waals surface area contributed by atoms with Crippen molar-refractivity contribution in [1.82, 2.24) is 36.2 Å². The maximum atomic E-state index is 7.16. The molecule has 3 aliphatic carbocycles. The van der Waals surface area contributed by atoms with Crippen LogP contribution in [0.15, 0.2) is 108 Å². The molecule has 90 heavy (non-hydrogen) atoms. The van der Waals surface area contributed by atoms with Gasteiger partial charge in [-0.2, -0.15) is 0 Å². The molecule has 0 radical (unpaired) electrons. The number of pyridine rings is 3. The molecule has 11 heterocycles. The van der Waals surface area contributed by atoms with Gasteiger partial charge in [-0.1, -0.05) is 62.2 Å². The zero-order valence-corrected chi connectivity index (χ0v) is 55.4. The standard InChI is InChI=1S/C76H99N7O5S2/c1-54-49-84-64(68-61(54)21-42-89-68)48-78-35-27-71(29-38-86-74(50-71)22-6-7-23-74)66-14-12-59(45-82-66)58-17-25-76(44-58)52-73(31-40-88-76,26-34-77-47-63-62-10-4-3-9-55(62)18-33-80-63)67-15-13-60(46-83-67)57-16-24-75(43-57)51-72(30-39-87-75,65-11-5-8-32-81-65)28-36-79-53-70(2)69-56(19-37-85-70)20-41-90-69/h3-5,8-15,20-21,32,41-42,45-46,54,57-58,63-64,77-80H,6-7,16-19,22-31,33-40,43-44,47-53H2,1-2H3/t54?,57?,58?,63?,64?,70?,71-,72-,73-,75?,76?/m1/s1. The van der Waals surface area contributed by atoms with Crippen molar-refractivity contribution in [1.29, 1.82) is 0 Å². The molecule has 3 saturated carbocycles. The highest BCUT2D eigenvalue weighted by Gasteiger charge is 2.54. The lowest BCUT2D eigenvalue weighted by molar-refractivity contribution is -0.105. The summed E-state index contributed by atoms with van der Waals surface area (Å²) in [5.74, 6) is 1.27. The molecule has 4 N–H and O–H groups in total. The third kappa shape index (κ3) is 12.4. The van der Waals surface area contributed by atoms with Crippen LogP contribution >= 0.6 is 22.7 Å². The SMILES string of the molecule is CC1COC(CNCC[C@@]2(c3ccc(C4CCC5(C4)C[C@](CCNCC4NCCc6ccccc64)(c4ccc(C6CCC7(C6)C[C@](CCNCC6(C)OCCc8ccsc86)(c6ccccn6)CCO7)cn4)CCO5)cn3)CCOC3(CCCC3)C2)c2sccc21. The van der Waals surface area contributed by atoms with Gasteiger partial charge in [0.15, 0.2) is 0 Å². The second kappa shape index (κ2) is 26.1. The first-order chi connectivity index (χ1) is 44.1. The van der Waals surface area contributed by atoms with Crippen LogP contribution in [0.1, 0.15) is 226 Å². The fourth-order valence-electron chi connectivity index (χ4n) is 19.3. The molecule has 9 aliphatic rings. The Morgan fingerprint density at radius 1 is 0.567 bits per heavy atom. The monoisotopic (exact) mass is 1250 g/mol. The molecule has 14 heteroatoms. The van der Waals surface area contributed by atoms with Gasteiger partial charge in [0.1, 0.15) is 11.7 Å². The Bertz CT molecular complexity index is 3380. The highest BCUT2D eigenvalue weighted by molar-refractivity contribution is 7.10. The van der Waals surface area contributed by atoms with Crippen LogP contribution in [-0.4, -0.2) is 111 Å². The third-order valence-electron chi connectivity index (χ3n) is 24.2.